The summed E-state index contributed by atoms with van der Waals surface area (Å²) >= 11 is 12.1. The Morgan fingerprint density at radius 1 is 1.03 bits per heavy atom. The average molecular weight is 454 g/mol. The van der Waals surface area contributed by atoms with Crippen LogP contribution in [0.15, 0.2) is 71.8 Å². The minimum Gasteiger partial charge on any atom is -0.306 e. The van der Waals surface area contributed by atoms with Crippen LogP contribution in [0.4, 0.5) is 14.9 Å². The highest BCUT2D eigenvalue weighted by Crippen LogP contribution is 2.43. The molecule has 1 aliphatic heterocycles. The summed E-state index contributed by atoms with van der Waals surface area (Å²) in [6.45, 7) is 0. The number of hydrogen-bond donors (Lipinski definition) is 1. The van der Waals surface area contributed by atoms with Gasteiger partial charge in [-0.05, 0) is 54.3 Å². The molecule has 1 N–H and O–H groups in total. The summed E-state index contributed by atoms with van der Waals surface area (Å²) in [6, 6.07) is 18.6. The van der Waals surface area contributed by atoms with Crippen molar-refractivity contribution in [3.63, 3.8) is 0 Å². The summed E-state index contributed by atoms with van der Waals surface area (Å²) in [4.78, 5) is 13.3. The Balaban J connectivity index is 1.53. The highest BCUT2D eigenvalue weighted by molar-refractivity contribution is 6.42. The van der Waals surface area contributed by atoms with Gasteiger partial charge in [0.25, 0.3) is 0 Å². The van der Waals surface area contributed by atoms with E-state index in [0.29, 0.717) is 15.7 Å². The van der Waals surface area contributed by atoms with E-state index in [1.807, 2.05) is 18.2 Å². The van der Waals surface area contributed by atoms with Gasteiger partial charge in [0.2, 0.25) is 0 Å². The zero-order chi connectivity index (χ0) is 21.5. The number of anilines is 1. The largest absolute Gasteiger partial charge is 0.342 e. The molecule has 2 aliphatic rings. The van der Waals surface area contributed by atoms with Crippen LogP contribution in [-0.4, -0.2) is 16.8 Å². The molecule has 4 nitrogen and oxygen atoms in total. The SMILES string of the molecule is O=C(Nc1ccc(Cl)c(Cl)c1)N1N=C2c3ccccc3CCC2C1c1ccc(F)cc1. The van der Waals surface area contributed by atoms with Crippen LogP contribution in [0.2, 0.25) is 10.0 Å². The molecule has 2 amide bonds. The summed E-state index contributed by atoms with van der Waals surface area (Å²) in [5.74, 6) is -0.288. The Bertz CT molecular complexity index is 1200. The molecule has 3 aromatic carbocycles. The van der Waals surface area contributed by atoms with Crippen molar-refractivity contribution in [3.8, 4) is 0 Å². The van der Waals surface area contributed by atoms with Gasteiger partial charge < -0.3 is 5.32 Å². The Morgan fingerprint density at radius 3 is 2.58 bits per heavy atom. The number of rotatable bonds is 2. The van der Waals surface area contributed by atoms with Crippen molar-refractivity contribution in [2.75, 3.05) is 5.32 Å². The van der Waals surface area contributed by atoms with Crippen LogP contribution in [0.1, 0.15) is 29.2 Å². The maximum atomic E-state index is 13.6. The molecule has 0 fully saturated rings. The first-order chi connectivity index (χ1) is 15.0. The van der Waals surface area contributed by atoms with Crippen molar-refractivity contribution in [1.82, 2.24) is 5.01 Å². The zero-order valence-electron chi connectivity index (χ0n) is 16.4. The number of urea groups is 1. The second kappa shape index (κ2) is 7.98. The van der Waals surface area contributed by atoms with E-state index in [4.69, 9.17) is 28.3 Å². The lowest BCUT2D eigenvalue weighted by atomic mass is 9.77. The number of halogens is 3. The van der Waals surface area contributed by atoms with Gasteiger partial charge >= 0.3 is 6.03 Å². The Hall–Kier alpha value is -2.89. The van der Waals surface area contributed by atoms with Gasteiger partial charge in [-0.1, -0.05) is 59.6 Å². The maximum Gasteiger partial charge on any atom is 0.342 e. The number of fused-ring (bicyclic) bond motifs is 3. The third-order valence-electron chi connectivity index (χ3n) is 5.82. The van der Waals surface area contributed by atoms with Gasteiger partial charge in [-0.15, -0.1) is 0 Å². The predicted octanol–water partition coefficient (Wildman–Crippen LogP) is 6.69. The van der Waals surface area contributed by atoms with Crippen LogP contribution in [0, 0.1) is 11.7 Å². The van der Waals surface area contributed by atoms with Crippen LogP contribution < -0.4 is 5.32 Å². The standard InChI is InChI=1S/C24H18Cl2FN3O/c25-20-12-10-17(13-21(20)26)28-24(31)30-23(15-5-8-16(27)9-6-15)19-11-7-14-3-1-2-4-18(14)22(19)29-30/h1-6,8-10,12-13,19,23H,7,11H2,(H,28,31). The van der Waals surface area contributed by atoms with Crippen molar-refractivity contribution in [2.45, 2.75) is 18.9 Å². The lowest BCUT2D eigenvalue weighted by Crippen LogP contribution is -2.34. The first-order valence-electron chi connectivity index (χ1n) is 9.99. The fourth-order valence-electron chi connectivity index (χ4n) is 4.38. The van der Waals surface area contributed by atoms with E-state index in [2.05, 4.69) is 11.4 Å². The zero-order valence-corrected chi connectivity index (χ0v) is 17.9. The van der Waals surface area contributed by atoms with Crippen LogP contribution in [0.3, 0.4) is 0 Å². The molecule has 0 radical (unpaired) electrons. The molecule has 0 saturated heterocycles. The molecule has 0 aromatic heterocycles. The third-order valence-corrected chi connectivity index (χ3v) is 6.56. The van der Waals surface area contributed by atoms with E-state index in [1.54, 1.807) is 30.3 Å². The van der Waals surface area contributed by atoms with E-state index in [9.17, 15) is 9.18 Å². The van der Waals surface area contributed by atoms with Crippen LogP contribution in [0.25, 0.3) is 0 Å². The number of nitrogens with zero attached hydrogens (tertiary/aromatic N) is 2. The molecule has 7 heteroatoms. The summed E-state index contributed by atoms with van der Waals surface area (Å²) < 4.78 is 13.6. The average Bonchev–Trinajstić information content (AvgIpc) is 3.17. The summed E-state index contributed by atoms with van der Waals surface area (Å²) in [6.07, 6.45) is 1.76. The van der Waals surface area contributed by atoms with E-state index in [1.165, 1.54) is 22.7 Å². The molecular weight excluding hydrogens is 436 g/mol. The molecule has 31 heavy (non-hydrogen) atoms. The molecule has 5 rings (SSSR count). The topological polar surface area (TPSA) is 44.7 Å². The van der Waals surface area contributed by atoms with Crippen LogP contribution in [-0.2, 0) is 6.42 Å². The van der Waals surface area contributed by atoms with E-state index in [-0.39, 0.29) is 23.8 Å². The molecule has 0 saturated carbocycles. The van der Waals surface area contributed by atoms with Gasteiger partial charge in [-0.3, -0.25) is 0 Å². The van der Waals surface area contributed by atoms with Gasteiger partial charge in [-0.25, -0.2) is 14.2 Å². The Labute approximate surface area is 189 Å². The number of amides is 2. The number of hydrogen-bond acceptors (Lipinski definition) is 2. The van der Waals surface area contributed by atoms with Crippen molar-refractivity contribution in [1.29, 1.82) is 0 Å². The number of benzene rings is 3. The van der Waals surface area contributed by atoms with Crippen molar-refractivity contribution >= 4 is 40.6 Å². The fraction of sp³-hybridized carbons (Fsp3) is 0.167. The molecule has 2 unspecified atom stereocenters. The molecule has 2 atom stereocenters. The van der Waals surface area contributed by atoms with Gasteiger partial charge in [-0.2, -0.15) is 5.10 Å². The quantitative estimate of drug-likeness (QED) is 0.461. The predicted molar refractivity (Wildman–Crippen MR) is 121 cm³/mol. The number of carbonyl (C=O) groups is 1. The van der Waals surface area contributed by atoms with Gasteiger partial charge in [0.1, 0.15) is 5.82 Å². The first kappa shape index (κ1) is 20.0. The molecule has 1 aliphatic carbocycles. The number of carbonyl (C=O) groups excluding carboxylic acids is 1. The molecule has 0 bridgehead atoms. The second-order valence-corrected chi connectivity index (χ2v) is 8.50. The normalized spacial score (nSPS) is 19.5. The summed E-state index contributed by atoms with van der Waals surface area (Å²) in [5, 5.41) is 9.84. The molecule has 3 aromatic rings. The van der Waals surface area contributed by atoms with Crippen molar-refractivity contribution in [2.24, 2.45) is 11.0 Å². The van der Waals surface area contributed by atoms with Gasteiger partial charge in [0.15, 0.2) is 0 Å². The second-order valence-electron chi connectivity index (χ2n) is 7.69. The minimum atomic E-state index is -0.382. The van der Waals surface area contributed by atoms with E-state index >= 15 is 0 Å². The van der Waals surface area contributed by atoms with Gasteiger partial charge in [0.05, 0.1) is 21.8 Å². The number of nitrogens with one attached hydrogen (secondary N) is 1. The number of aryl methyl sites for hydroxylation is 1. The summed E-state index contributed by atoms with van der Waals surface area (Å²) in [7, 11) is 0. The molecule has 0 spiro atoms. The number of hydrazone groups is 1. The van der Waals surface area contributed by atoms with Crippen LogP contribution >= 0.6 is 23.2 Å². The van der Waals surface area contributed by atoms with E-state index < -0.39 is 0 Å². The van der Waals surface area contributed by atoms with Crippen molar-refractivity contribution < 1.29 is 9.18 Å². The first-order valence-corrected chi connectivity index (χ1v) is 10.7. The molecule has 1 heterocycles. The highest BCUT2D eigenvalue weighted by atomic mass is 35.5. The Morgan fingerprint density at radius 2 is 1.81 bits per heavy atom. The van der Waals surface area contributed by atoms with E-state index in [0.717, 1.165) is 29.7 Å². The lowest BCUT2D eigenvalue weighted by molar-refractivity contribution is 0.188. The third kappa shape index (κ3) is 3.68. The van der Waals surface area contributed by atoms with Crippen LogP contribution in [0.5, 0.6) is 0 Å². The highest BCUT2D eigenvalue weighted by Gasteiger charge is 2.43. The Kier molecular flexibility index (Phi) is 5.16. The van der Waals surface area contributed by atoms with Crippen molar-refractivity contribution in [3.05, 3.63) is 99.3 Å². The fourth-order valence-corrected chi connectivity index (χ4v) is 4.68. The molecule has 156 valence electrons. The maximum absolute atomic E-state index is 13.6. The molecular formula is C24H18Cl2FN3O. The lowest BCUT2D eigenvalue weighted by Gasteiger charge is -2.29. The monoisotopic (exact) mass is 453 g/mol. The summed E-state index contributed by atoms with van der Waals surface area (Å²) in [5.41, 5.74) is 4.54. The van der Waals surface area contributed by atoms with Gasteiger partial charge in [0, 0.05) is 17.2 Å². The minimum absolute atomic E-state index is 0.0277. The smallest absolute Gasteiger partial charge is 0.306 e.